The zero-order valence-corrected chi connectivity index (χ0v) is 17.4. The number of furan rings is 1. The fraction of sp³-hybridized carbons (Fsp3) is 0.240. The molecule has 1 saturated heterocycles. The number of rotatable bonds is 5. The van der Waals surface area contributed by atoms with Crippen molar-refractivity contribution in [3.8, 4) is 17.4 Å². The highest BCUT2D eigenvalue weighted by Gasteiger charge is 2.24. The summed E-state index contributed by atoms with van der Waals surface area (Å²) in [6, 6.07) is 20.4. The maximum atomic E-state index is 12.9. The number of nitrogens with zero attached hydrogens (tertiary/aromatic N) is 3. The van der Waals surface area contributed by atoms with Gasteiger partial charge < -0.3 is 9.32 Å². The average molecular weight is 413 g/mol. The highest BCUT2D eigenvalue weighted by molar-refractivity contribution is 5.94. The van der Waals surface area contributed by atoms with Gasteiger partial charge in [0.2, 0.25) is 0 Å². The number of ketones is 1. The Balaban J connectivity index is 1.34. The summed E-state index contributed by atoms with van der Waals surface area (Å²) in [5.74, 6) is 0.842. The predicted octanol–water partition coefficient (Wildman–Crippen LogP) is 3.98. The second-order valence-corrected chi connectivity index (χ2v) is 7.67. The lowest BCUT2D eigenvalue weighted by molar-refractivity contribution is 0.0598. The minimum Gasteiger partial charge on any atom is -0.451 e. The molecule has 31 heavy (non-hydrogen) atoms. The number of carbonyl (C=O) groups is 2. The molecule has 6 heteroatoms. The number of benzene rings is 2. The third kappa shape index (κ3) is 4.73. The molecule has 0 atom stereocenters. The molecule has 1 aliphatic heterocycles. The van der Waals surface area contributed by atoms with Crippen LogP contribution in [0.4, 0.5) is 0 Å². The fourth-order valence-electron chi connectivity index (χ4n) is 3.68. The van der Waals surface area contributed by atoms with E-state index in [1.807, 2.05) is 41.3 Å². The first-order chi connectivity index (χ1) is 15.0. The van der Waals surface area contributed by atoms with Crippen molar-refractivity contribution < 1.29 is 14.0 Å². The average Bonchev–Trinajstić information content (AvgIpc) is 3.30. The standard InChI is InChI=1S/C25H23N3O3/c1-18(29)21-6-8-22(9-7-21)23-10-11-24(31-23)25(30)28-14-12-27(13-15-28)17-20-4-2-19(16-26)3-5-20/h2-11H,12-15,17H2,1H3. The van der Waals surface area contributed by atoms with Gasteiger partial charge in [-0.15, -0.1) is 0 Å². The lowest BCUT2D eigenvalue weighted by Crippen LogP contribution is -2.48. The van der Waals surface area contributed by atoms with Crippen molar-refractivity contribution in [1.29, 1.82) is 5.26 Å². The summed E-state index contributed by atoms with van der Waals surface area (Å²) in [5, 5.41) is 8.90. The van der Waals surface area contributed by atoms with Crippen molar-refractivity contribution in [1.82, 2.24) is 9.80 Å². The van der Waals surface area contributed by atoms with E-state index in [0.717, 1.165) is 30.8 Å². The van der Waals surface area contributed by atoms with E-state index in [0.29, 0.717) is 35.7 Å². The number of hydrogen-bond donors (Lipinski definition) is 0. The van der Waals surface area contributed by atoms with Gasteiger partial charge in [0.25, 0.3) is 5.91 Å². The summed E-state index contributed by atoms with van der Waals surface area (Å²) < 4.78 is 5.81. The summed E-state index contributed by atoms with van der Waals surface area (Å²) in [4.78, 5) is 28.4. The number of carbonyl (C=O) groups excluding carboxylic acids is 2. The number of Topliss-reactive ketones (excluding diaryl/α,β-unsaturated/α-hetero) is 1. The van der Waals surface area contributed by atoms with Gasteiger partial charge in [0.15, 0.2) is 11.5 Å². The summed E-state index contributed by atoms with van der Waals surface area (Å²) in [5.41, 5.74) is 3.29. The highest BCUT2D eigenvalue weighted by Crippen LogP contribution is 2.24. The monoisotopic (exact) mass is 413 g/mol. The van der Waals surface area contributed by atoms with E-state index in [4.69, 9.17) is 9.68 Å². The first-order valence-electron chi connectivity index (χ1n) is 10.3. The molecule has 0 spiro atoms. The minimum absolute atomic E-state index is 0.0141. The normalized spacial score (nSPS) is 14.3. The van der Waals surface area contributed by atoms with Crippen LogP contribution in [-0.2, 0) is 6.54 Å². The Hall–Kier alpha value is -3.69. The molecule has 0 saturated carbocycles. The number of hydrogen-bond acceptors (Lipinski definition) is 5. The van der Waals surface area contributed by atoms with Crippen LogP contribution in [0, 0.1) is 11.3 Å². The van der Waals surface area contributed by atoms with Crippen LogP contribution in [0.5, 0.6) is 0 Å². The molecule has 4 rings (SSSR count). The lowest BCUT2D eigenvalue weighted by atomic mass is 10.1. The largest absolute Gasteiger partial charge is 0.451 e. The molecule has 2 heterocycles. The van der Waals surface area contributed by atoms with Crippen LogP contribution < -0.4 is 0 Å². The first-order valence-corrected chi connectivity index (χ1v) is 10.3. The molecule has 0 N–H and O–H groups in total. The van der Waals surface area contributed by atoms with Gasteiger partial charge in [0.1, 0.15) is 5.76 Å². The van der Waals surface area contributed by atoms with Gasteiger partial charge in [-0.1, -0.05) is 36.4 Å². The van der Waals surface area contributed by atoms with Crippen molar-refractivity contribution in [2.45, 2.75) is 13.5 Å². The molecule has 1 aliphatic rings. The second-order valence-electron chi connectivity index (χ2n) is 7.67. The van der Waals surface area contributed by atoms with E-state index in [9.17, 15) is 9.59 Å². The van der Waals surface area contributed by atoms with E-state index in [-0.39, 0.29) is 11.7 Å². The van der Waals surface area contributed by atoms with Gasteiger partial charge in [-0.25, -0.2) is 0 Å². The van der Waals surface area contributed by atoms with Crippen molar-refractivity contribution in [3.05, 3.63) is 83.1 Å². The van der Waals surface area contributed by atoms with E-state index in [2.05, 4.69) is 11.0 Å². The van der Waals surface area contributed by atoms with Crippen LogP contribution in [0.2, 0.25) is 0 Å². The van der Waals surface area contributed by atoms with E-state index in [1.165, 1.54) is 6.92 Å². The van der Waals surface area contributed by atoms with Gasteiger partial charge in [-0.05, 0) is 36.8 Å². The zero-order chi connectivity index (χ0) is 21.8. The van der Waals surface area contributed by atoms with Crippen molar-refractivity contribution >= 4 is 11.7 Å². The molecule has 6 nitrogen and oxygen atoms in total. The molecule has 3 aromatic rings. The highest BCUT2D eigenvalue weighted by atomic mass is 16.4. The van der Waals surface area contributed by atoms with Crippen LogP contribution >= 0.6 is 0 Å². The Bertz CT molecular complexity index is 1120. The Morgan fingerprint density at radius 1 is 0.935 bits per heavy atom. The van der Waals surface area contributed by atoms with Crippen molar-refractivity contribution in [2.75, 3.05) is 26.2 Å². The van der Waals surface area contributed by atoms with Crippen LogP contribution in [0.25, 0.3) is 11.3 Å². The molecule has 0 radical (unpaired) electrons. The number of nitriles is 1. The number of amides is 1. The Morgan fingerprint density at radius 2 is 1.61 bits per heavy atom. The minimum atomic E-state index is -0.107. The molecule has 0 bridgehead atoms. The van der Waals surface area contributed by atoms with Gasteiger partial charge in [-0.3, -0.25) is 14.5 Å². The van der Waals surface area contributed by atoms with Gasteiger partial charge in [0, 0.05) is 43.9 Å². The Morgan fingerprint density at radius 3 is 2.23 bits per heavy atom. The molecular formula is C25H23N3O3. The van der Waals surface area contributed by atoms with Crippen LogP contribution in [-0.4, -0.2) is 47.7 Å². The fourth-order valence-corrected chi connectivity index (χ4v) is 3.68. The Kier molecular flexibility index (Phi) is 5.96. The third-order valence-corrected chi connectivity index (χ3v) is 5.54. The van der Waals surface area contributed by atoms with E-state index >= 15 is 0 Å². The lowest BCUT2D eigenvalue weighted by Gasteiger charge is -2.34. The van der Waals surface area contributed by atoms with E-state index < -0.39 is 0 Å². The molecule has 0 aliphatic carbocycles. The Labute approximate surface area is 181 Å². The molecule has 0 unspecified atom stereocenters. The molecule has 1 aromatic heterocycles. The van der Waals surface area contributed by atoms with Crippen LogP contribution in [0.1, 0.15) is 39.0 Å². The van der Waals surface area contributed by atoms with E-state index in [1.54, 1.807) is 24.3 Å². The summed E-state index contributed by atoms with van der Waals surface area (Å²) in [6.07, 6.45) is 0. The zero-order valence-electron chi connectivity index (χ0n) is 17.4. The summed E-state index contributed by atoms with van der Waals surface area (Å²) >= 11 is 0. The quantitative estimate of drug-likeness (QED) is 0.591. The summed E-state index contributed by atoms with van der Waals surface area (Å²) in [7, 11) is 0. The van der Waals surface area contributed by atoms with Crippen LogP contribution in [0.15, 0.2) is 65.1 Å². The summed E-state index contributed by atoms with van der Waals surface area (Å²) in [6.45, 7) is 5.17. The maximum absolute atomic E-state index is 12.9. The molecular weight excluding hydrogens is 390 g/mol. The molecule has 1 fully saturated rings. The SMILES string of the molecule is CC(=O)c1ccc(-c2ccc(C(=O)N3CCN(Cc4ccc(C#N)cc4)CC3)o2)cc1. The first kappa shape index (κ1) is 20.6. The van der Waals surface area contributed by atoms with Gasteiger partial charge >= 0.3 is 0 Å². The van der Waals surface area contributed by atoms with Gasteiger partial charge in [0.05, 0.1) is 11.6 Å². The molecule has 2 aromatic carbocycles. The third-order valence-electron chi connectivity index (χ3n) is 5.54. The number of piperazine rings is 1. The topological polar surface area (TPSA) is 77.5 Å². The second kappa shape index (κ2) is 8.99. The van der Waals surface area contributed by atoms with Crippen molar-refractivity contribution in [3.63, 3.8) is 0 Å². The molecule has 1 amide bonds. The van der Waals surface area contributed by atoms with Crippen molar-refractivity contribution in [2.24, 2.45) is 0 Å². The van der Waals surface area contributed by atoms with Crippen LogP contribution in [0.3, 0.4) is 0 Å². The smallest absolute Gasteiger partial charge is 0.289 e. The molecule has 156 valence electrons. The maximum Gasteiger partial charge on any atom is 0.289 e. The van der Waals surface area contributed by atoms with Gasteiger partial charge in [-0.2, -0.15) is 5.26 Å². The predicted molar refractivity (Wildman–Crippen MR) is 116 cm³/mol.